The third-order valence-electron chi connectivity index (χ3n) is 2.28. The third kappa shape index (κ3) is 2.04. The Morgan fingerprint density at radius 2 is 2.06 bits per heavy atom. The quantitative estimate of drug-likeness (QED) is 0.628. The molecule has 0 saturated heterocycles. The summed E-state index contributed by atoms with van der Waals surface area (Å²) in [6.07, 6.45) is 0. The molecule has 4 nitrogen and oxygen atoms in total. The molecule has 0 fully saturated rings. The Bertz CT molecular complexity index is 533. The molecule has 6 heteroatoms. The minimum absolute atomic E-state index is 0.334. The van der Waals surface area contributed by atoms with Gasteiger partial charge in [-0.15, -0.1) is 0 Å². The molecule has 2 rings (SSSR count). The van der Waals surface area contributed by atoms with E-state index in [1.54, 1.807) is 25.3 Å². The molecule has 1 aromatic heterocycles. The largest absolute Gasteiger partial charge is 0.497 e. The van der Waals surface area contributed by atoms with E-state index < -0.39 is 7.12 Å². The van der Waals surface area contributed by atoms with Gasteiger partial charge in [0.15, 0.2) is 0 Å². The van der Waals surface area contributed by atoms with E-state index in [-0.39, 0.29) is 0 Å². The Morgan fingerprint density at radius 1 is 1.31 bits per heavy atom. The number of nitrogens with zero attached hydrogens (tertiary/aromatic N) is 1. The van der Waals surface area contributed by atoms with Crippen LogP contribution in [-0.4, -0.2) is 29.3 Å². The van der Waals surface area contributed by atoms with Gasteiger partial charge < -0.3 is 14.8 Å². The van der Waals surface area contributed by atoms with Gasteiger partial charge in [-0.3, -0.25) is 0 Å². The van der Waals surface area contributed by atoms with E-state index in [0.717, 1.165) is 10.9 Å². The van der Waals surface area contributed by atoms with E-state index in [9.17, 15) is 0 Å². The van der Waals surface area contributed by atoms with Crippen LogP contribution in [0.1, 0.15) is 0 Å². The SMILES string of the molecule is COc1ccc2nc(Br)c(B(O)O)cc2c1. The van der Waals surface area contributed by atoms with Gasteiger partial charge in [0.05, 0.1) is 12.6 Å². The highest BCUT2D eigenvalue weighted by Crippen LogP contribution is 2.20. The number of fused-ring (bicyclic) bond motifs is 1. The fourth-order valence-corrected chi connectivity index (χ4v) is 1.97. The van der Waals surface area contributed by atoms with Crippen molar-refractivity contribution in [1.82, 2.24) is 4.98 Å². The van der Waals surface area contributed by atoms with Crippen molar-refractivity contribution in [2.24, 2.45) is 0 Å². The monoisotopic (exact) mass is 281 g/mol. The van der Waals surface area contributed by atoms with Crippen LogP contribution in [0.15, 0.2) is 28.9 Å². The lowest BCUT2D eigenvalue weighted by Crippen LogP contribution is -2.31. The molecule has 1 aromatic carbocycles. The molecule has 0 amide bonds. The lowest BCUT2D eigenvalue weighted by Gasteiger charge is -2.06. The first-order valence-electron chi connectivity index (χ1n) is 4.62. The summed E-state index contributed by atoms with van der Waals surface area (Å²) in [6, 6.07) is 7.07. The van der Waals surface area contributed by atoms with Gasteiger partial charge >= 0.3 is 7.12 Å². The summed E-state index contributed by atoms with van der Waals surface area (Å²) in [5.74, 6) is 0.704. The van der Waals surface area contributed by atoms with Gasteiger partial charge in [0.1, 0.15) is 10.4 Å². The molecule has 0 aliphatic heterocycles. The number of hydrogen-bond donors (Lipinski definition) is 2. The van der Waals surface area contributed by atoms with E-state index in [1.807, 2.05) is 6.07 Å². The van der Waals surface area contributed by atoms with Crippen LogP contribution in [0.3, 0.4) is 0 Å². The zero-order valence-electron chi connectivity index (χ0n) is 8.51. The van der Waals surface area contributed by atoms with Crippen LogP contribution in [-0.2, 0) is 0 Å². The average molecular weight is 282 g/mol. The fourth-order valence-electron chi connectivity index (χ4n) is 1.46. The predicted molar refractivity (Wildman–Crippen MR) is 65.8 cm³/mol. The number of halogens is 1. The molecule has 0 atom stereocenters. The number of aromatic nitrogens is 1. The second-order valence-corrected chi connectivity index (χ2v) is 4.05. The van der Waals surface area contributed by atoms with Crippen molar-refractivity contribution in [1.29, 1.82) is 0 Å². The molecular weight excluding hydrogens is 273 g/mol. The normalized spacial score (nSPS) is 10.5. The van der Waals surface area contributed by atoms with E-state index in [1.165, 1.54) is 0 Å². The molecule has 0 spiro atoms. The molecule has 0 aliphatic carbocycles. The van der Waals surface area contributed by atoms with Crippen LogP contribution in [0.4, 0.5) is 0 Å². The van der Waals surface area contributed by atoms with Gasteiger partial charge in [-0.1, -0.05) is 6.07 Å². The fraction of sp³-hybridized carbons (Fsp3) is 0.100. The Kier molecular flexibility index (Phi) is 3.14. The van der Waals surface area contributed by atoms with Crippen LogP contribution >= 0.6 is 15.9 Å². The summed E-state index contributed by atoms with van der Waals surface area (Å²) < 4.78 is 5.52. The maximum absolute atomic E-state index is 9.14. The Morgan fingerprint density at radius 3 is 2.69 bits per heavy atom. The molecular formula is C10H9BBrNO3. The second kappa shape index (κ2) is 4.41. The molecule has 2 aromatic rings. The van der Waals surface area contributed by atoms with E-state index in [0.29, 0.717) is 15.8 Å². The van der Waals surface area contributed by atoms with Crippen LogP contribution < -0.4 is 10.2 Å². The highest BCUT2D eigenvalue weighted by atomic mass is 79.9. The van der Waals surface area contributed by atoms with Gasteiger partial charge in [0, 0.05) is 10.8 Å². The van der Waals surface area contributed by atoms with Crippen molar-refractivity contribution in [3.63, 3.8) is 0 Å². The Hall–Kier alpha value is -1.11. The average Bonchev–Trinajstić information content (AvgIpc) is 2.27. The molecule has 0 aliphatic rings. The molecule has 16 heavy (non-hydrogen) atoms. The molecule has 0 bridgehead atoms. The first-order valence-corrected chi connectivity index (χ1v) is 5.41. The second-order valence-electron chi connectivity index (χ2n) is 3.30. The molecule has 1 heterocycles. The van der Waals surface area contributed by atoms with Crippen LogP contribution in [0.5, 0.6) is 5.75 Å². The first kappa shape index (κ1) is 11.4. The van der Waals surface area contributed by atoms with Crippen LogP contribution in [0.25, 0.3) is 10.9 Å². The number of benzene rings is 1. The predicted octanol–water partition coefficient (Wildman–Crippen LogP) is 0.686. The van der Waals surface area contributed by atoms with E-state index in [4.69, 9.17) is 14.8 Å². The highest BCUT2D eigenvalue weighted by molar-refractivity contribution is 9.10. The highest BCUT2D eigenvalue weighted by Gasteiger charge is 2.16. The number of pyridine rings is 1. The van der Waals surface area contributed by atoms with Crippen molar-refractivity contribution in [2.45, 2.75) is 0 Å². The minimum Gasteiger partial charge on any atom is -0.497 e. The lowest BCUT2D eigenvalue weighted by atomic mass is 9.81. The van der Waals surface area contributed by atoms with Crippen LogP contribution in [0, 0.1) is 0 Å². The van der Waals surface area contributed by atoms with Gasteiger partial charge in [-0.25, -0.2) is 4.98 Å². The van der Waals surface area contributed by atoms with Gasteiger partial charge in [-0.2, -0.15) is 0 Å². The van der Waals surface area contributed by atoms with Crippen molar-refractivity contribution in [3.8, 4) is 5.75 Å². The van der Waals surface area contributed by atoms with Crippen molar-refractivity contribution in [2.75, 3.05) is 7.11 Å². The zero-order chi connectivity index (χ0) is 11.7. The minimum atomic E-state index is -1.54. The third-order valence-corrected chi connectivity index (χ3v) is 2.92. The maximum Gasteiger partial charge on any atom is 0.491 e. The summed E-state index contributed by atoms with van der Waals surface area (Å²) in [6.45, 7) is 0. The van der Waals surface area contributed by atoms with Crippen molar-refractivity contribution < 1.29 is 14.8 Å². The van der Waals surface area contributed by atoms with Gasteiger partial charge in [0.25, 0.3) is 0 Å². The van der Waals surface area contributed by atoms with Gasteiger partial charge in [0.2, 0.25) is 0 Å². The summed E-state index contributed by atoms with van der Waals surface area (Å²) >= 11 is 3.19. The van der Waals surface area contributed by atoms with Crippen molar-refractivity contribution in [3.05, 3.63) is 28.9 Å². The molecule has 0 unspecified atom stereocenters. The number of ether oxygens (including phenoxy) is 1. The summed E-state index contributed by atoms with van der Waals surface area (Å²) in [7, 11) is 0.0346. The standard InChI is InChI=1S/C10H9BBrNO3/c1-16-7-2-3-9-6(4-7)5-8(11(14)15)10(12)13-9/h2-5,14-15H,1H3. The topological polar surface area (TPSA) is 62.6 Å². The zero-order valence-corrected chi connectivity index (χ0v) is 10.1. The van der Waals surface area contributed by atoms with Crippen LogP contribution in [0.2, 0.25) is 0 Å². The summed E-state index contributed by atoms with van der Waals surface area (Å²) in [5, 5.41) is 19.1. The number of hydrogen-bond acceptors (Lipinski definition) is 4. The smallest absolute Gasteiger partial charge is 0.491 e. The summed E-state index contributed by atoms with van der Waals surface area (Å²) in [4.78, 5) is 4.21. The molecule has 0 saturated carbocycles. The maximum atomic E-state index is 9.14. The Labute approximate surface area is 101 Å². The van der Waals surface area contributed by atoms with Gasteiger partial charge in [-0.05, 0) is 34.1 Å². The van der Waals surface area contributed by atoms with Crippen molar-refractivity contribution >= 4 is 39.4 Å². The Balaban J connectivity index is 2.65. The first-order chi connectivity index (χ1) is 7.61. The number of methoxy groups -OCH3 is 1. The molecule has 82 valence electrons. The van der Waals surface area contributed by atoms with E-state index >= 15 is 0 Å². The summed E-state index contributed by atoms with van der Waals surface area (Å²) in [5.41, 5.74) is 1.10. The number of rotatable bonds is 2. The lowest BCUT2D eigenvalue weighted by molar-refractivity contribution is 0.415. The molecule has 0 radical (unpaired) electrons. The molecule has 2 N–H and O–H groups in total. The van der Waals surface area contributed by atoms with E-state index in [2.05, 4.69) is 20.9 Å².